The molecular formula is C14H18ClN3O4. The standard InChI is InChI=1S/C14H17N3O4.ClH/c18-13(19)16-8-6-15-10(9-16)5-7-17-11-3-1-2-4-12(11)21-14(17)20;/h1-4,10,15H,5-9H2,(H,18,19);1H/t10-;/m1./s1. The van der Waals surface area contributed by atoms with Crippen LogP contribution in [0.5, 0.6) is 0 Å². The van der Waals surface area contributed by atoms with E-state index < -0.39 is 6.09 Å². The molecule has 2 heterocycles. The number of hydrogen-bond acceptors (Lipinski definition) is 4. The van der Waals surface area contributed by atoms with Gasteiger partial charge in [0.05, 0.1) is 5.52 Å². The van der Waals surface area contributed by atoms with Crippen molar-refractivity contribution in [3.8, 4) is 0 Å². The van der Waals surface area contributed by atoms with E-state index in [1.807, 2.05) is 18.2 Å². The van der Waals surface area contributed by atoms with Gasteiger partial charge in [-0.05, 0) is 18.6 Å². The van der Waals surface area contributed by atoms with Crippen molar-refractivity contribution in [3.63, 3.8) is 0 Å². The third-order valence-corrected chi connectivity index (χ3v) is 3.80. The van der Waals surface area contributed by atoms with Gasteiger partial charge in [-0.3, -0.25) is 4.57 Å². The predicted molar refractivity (Wildman–Crippen MR) is 83.7 cm³/mol. The molecule has 0 radical (unpaired) electrons. The van der Waals surface area contributed by atoms with Crippen LogP contribution in [-0.2, 0) is 6.54 Å². The zero-order valence-corrected chi connectivity index (χ0v) is 12.7. The number of nitrogens with one attached hydrogen (secondary N) is 1. The van der Waals surface area contributed by atoms with Crippen LogP contribution >= 0.6 is 12.4 Å². The summed E-state index contributed by atoms with van der Waals surface area (Å²) in [4.78, 5) is 24.2. The molecule has 0 bridgehead atoms. The minimum absolute atomic E-state index is 0. The van der Waals surface area contributed by atoms with Gasteiger partial charge in [0.15, 0.2) is 5.58 Å². The molecule has 7 nitrogen and oxygen atoms in total. The molecule has 3 rings (SSSR count). The molecule has 1 amide bonds. The van der Waals surface area contributed by atoms with Crippen molar-refractivity contribution < 1.29 is 14.3 Å². The number of rotatable bonds is 3. The van der Waals surface area contributed by atoms with Crippen LogP contribution in [0, 0.1) is 0 Å². The van der Waals surface area contributed by atoms with E-state index in [2.05, 4.69) is 5.32 Å². The maximum Gasteiger partial charge on any atom is 0.419 e. The highest BCUT2D eigenvalue weighted by molar-refractivity contribution is 5.85. The monoisotopic (exact) mass is 327 g/mol. The lowest BCUT2D eigenvalue weighted by Gasteiger charge is -2.31. The molecule has 1 aliphatic heterocycles. The van der Waals surface area contributed by atoms with Gasteiger partial charge in [-0.25, -0.2) is 9.59 Å². The number of nitrogens with zero attached hydrogens (tertiary/aromatic N) is 2. The first-order valence-electron chi connectivity index (χ1n) is 6.95. The van der Waals surface area contributed by atoms with Crippen LogP contribution in [0.15, 0.2) is 33.5 Å². The third-order valence-electron chi connectivity index (χ3n) is 3.80. The summed E-state index contributed by atoms with van der Waals surface area (Å²) in [7, 11) is 0. The van der Waals surface area contributed by atoms with Crippen LogP contribution in [0.3, 0.4) is 0 Å². The summed E-state index contributed by atoms with van der Waals surface area (Å²) in [6.07, 6.45) is -0.222. The number of fused-ring (bicyclic) bond motifs is 1. The molecule has 2 N–H and O–H groups in total. The van der Waals surface area contributed by atoms with E-state index in [1.165, 1.54) is 4.90 Å². The lowest BCUT2D eigenvalue weighted by molar-refractivity contribution is 0.126. The van der Waals surface area contributed by atoms with Crippen LogP contribution in [0.4, 0.5) is 4.79 Å². The molecule has 2 aromatic rings. The van der Waals surface area contributed by atoms with Crippen LogP contribution < -0.4 is 11.1 Å². The number of halogens is 1. The van der Waals surface area contributed by atoms with Crippen LogP contribution in [-0.4, -0.2) is 46.3 Å². The highest BCUT2D eigenvalue weighted by atomic mass is 35.5. The number of aryl methyl sites for hydroxylation is 1. The Hall–Kier alpha value is -1.99. The Bertz CT molecular complexity index is 711. The summed E-state index contributed by atoms with van der Waals surface area (Å²) in [5.41, 5.74) is 1.35. The van der Waals surface area contributed by atoms with Crippen molar-refractivity contribution in [1.82, 2.24) is 14.8 Å². The van der Waals surface area contributed by atoms with Crippen LogP contribution in [0.1, 0.15) is 6.42 Å². The average molecular weight is 328 g/mol. The molecule has 1 fully saturated rings. The summed E-state index contributed by atoms with van der Waals surface area (Å²) in [5.74, 6) is -0.373. The molecule has 0 aliphatic carbocycles. The van der Waals surface area contributed by atoms with E-state index in [-0.39, 0.29) is 24.2 Å². The van der Waals surface area contributed by atoms with E-state index in [9.17, 15) is 9.59 Å². The first kappa shape index (κ1) is 16.4. The number of amides is 1. The second kappa shape index (κ2) is 6.85. The molecular weight excluding hydrogens is 310 g/mol. The van der Waals surface area contributed by atoms with E-state index in [1.54, 1.807) is 10.6 Å². The van der Waals surface area contributed by atoms with Gasteiger partial charge in [0, 0.05) is 32.2 Å². The quantitative estimate of drug-likeness (QED) is 0.888. The molecule has 1 aromatic heterocycles. The molecule has 0 unspecified atom stereocenters. The summed E-state index contributed by atoms with van der Waals surface area (Å²) >= 11 is 0. The lowest BCUT2D eigenvalue weighted by Crippen LogP contribution is -2.52. The number of para-hydroxylation sites is 2. The molecule has 1 aromatic carbocycles. The molecule has 120 valence electrons. The van der Waals surface area contributed by atoms with Crippen LogP contribution in [0.2, 0.25) is 0 Å². The number of carbonyl (C=O) groups is 1. The third kappa shape index (κ3) is 3.26. The SMILES string of the molecule is Cl.O=C(O)N1CCN[C@H](CCn2c(=O)oc3ccccc32)C1. The largest absolute Gasteiger partial charge is 0.465 e. The van der Waals surface area contributed by atoms with Gasteiger partial charge in [-0.1, -0.05) is 12.1 Å². The summed E-state index contributed by atoms with van der Waals surface area (Å²) in [6.45, 7) is 2.08. The molecule has 22 heavy (non-hydrogen) atoms. The van der Waals surface area contributed by atoms with Gasteiger partial charge in [0.1, 0.15) is 0 Å². The van der Waals surface area contributed by atoms with E-state index in [0.29, 0.717) is 38.2 Å². The highest BCUT2D eigenvalue weighted by Gasteiger charge is 2.22. The highest BCUT2D eigenvalue weighted by Crippen LogP contribution is 2.13. The number of hydrogen-bond donors (Lipinski definition) is 2. The van der Waals surface area contributed by atoms with Gasteiger partial charge >= 0.3 is 11.8 Å². The van der Waals surface area contributed by atoms with E-state index >= 15 is 0 Å². The topological polar surface area (TPSA) is 87.7 Å². The molecule has 0 spiro atoms. The fourth-order valence-electron chi connectivity index (χ4n) is 2.70. The molecule has 0 saturated carbocycles. The maximum absolute atomic E-state index is 11.9. The number of aromatic nitrogens is 1. The normalized spacial score (nSPS) is 18.2. The summed E-state index contributed by atoms with van der Waals surface area (Å²) < 4.78 is 6.77. The van der Waals surface area contributed by atoms with Crippen molar-refractivity contribution in [1.29, 1.82) is 0 Å². The lowest BCUT2D eigenvalue weighted by atomic mass is 10.1. The van der Waals surface area contributed by atoms with E-state index in [4.69, 9.17) is 9.52 Å². The average Bonchev–Trinajstić information content (AvgIpc) is 2.81. The first-order valence-corrected chi connectivity index (χ1v) is 6.95. The van der Waals surface area contributed by atoms with Crippen LogP contribution in [0.25, 0.3) is 11.1 Å². The number of piperazine rings is 1. The summed E-state index contributed by atoms with van der Waals surface area (Å²) in [6, 6.07) is 7.34. The van der Waals surface area contributed by atoms with Gasteiger partial charge in [0.25, 0.3) is 0 Å². The fraction of sp³-hybridized carbons (Fsp3) is 0.429. The Morgan fingerprint density at radius 3 is 2.95 bits per heavy atom. The van der Waals surface area contributed by atoms with Crippen molar-refractivity contribution in [2.75, 3.05) is 19.6 Å². The fourth-order valence-corrected chi connectivity index (χ4v) is 2.70. The molecule has 8 heteroatoms. The maximum atomic E-state index is 11.9. The Kier molecular flexibility index (Phi) is 5.10. The van der Waals surface area contributed by atoms with E-state index in [0.717, 1.165) is 5.52 Å². The zero-order valence-electron chi connectivity index (χ0n) is 11.9. The smallest absolute Gasteiger partial charge is 0.419 e. The van der Waals surface area contributed by atoms with Gasteiger partial charge in [-0.15, -0.1) is 12.4 Å². The Balaban J connectivity index is 0.00000176. The second-order valence-electron chi connectivity index (χ2n) is 5.16. The number of benzene rings is 1. The van der Waals surface area contributed by atoms with Crippen molar-refractivity contribution in [3.05, 3.63) is 34.8 Å². The Morgan fingerprint density at radius 1 is 1.41 bits per heavy atom. The second-order valence-corrected chi connectivity index (χ2v) is 5.16. The van der Waals surface area contributed by atoms with Crippen molar-refractivity contribution >= 4 is 29.6 Å². The zero-order chi connectivity index (χ0) is 14.8. The first-order chi connectivity index (χ1) is 10.1. The summed E-state index contributed by atoms with van der Waals surface area (Å²) in [5, 5.41) is 12.3. The Morgan fingerprint density at radius 2 is 2.18 bits per heavy atom. The van der Waals surface area contributed by atoms with Crippen molar-refractivity contribution in [2.45, 2.75) is 19.0 Å². The molecule has 1 aliphatic rings. The molecule has 1 atom stereocenters. The minimum Gasteiger partial charge on any atom is -0.465 e. The van der Waals surface area contributed by atoms with Gasteiger partial charge < -0.3 is 19.7 Å². The Labute approximate surface area is 132 Å². The number of carboxylic acid groups (broad SMARTS) is 1. The van der Waals surface area contributed by atoms with Gasteiger partial charge in [0.2, 0.25) is 0 Å². The minimum atomic E-state index is -0.896. The predicted octanol–water partition coefficient (Wildman–Crippen LogP) is 1.36. The number of oxazole rings is 1. The van der Waals surface area contributed by atoms with Gasteiger partial charge in [-0.2, -0.15) is 0 Å². The molecule has 1 saturated heterocycles. The van der Waals surface area contributed by atoms with Crippen molar-refractivity contribution in [2.24, 2.45) is 0 Å².